The van der Waals surface area contributed by atoms with Crippen LogP contribution in [0.25, 0.3) is 10.8 Å². The average Bonchev–Trinajstić information content (AvgIpc) is 2.60. The van der Waals surface area contributed by atoms with E-state index in [1.807, 2.05) is 49.4 Å². The minimum absolute atomic E-state index is 0.0862. The van der Waals surface area contributed by atoms with Crippen molar-refractivity contribution >= 4 is 28.6 Å². The van der Waals surface area contributed by atoms with Gasteiger partial charge in [-0.2, -0.15) is 0 Å². The van der Waals surface area contributed by atoms with Gasteiger partial charge in [-0.1, -0.05) is 36.4 Å². The minimum Gasteiger partial charge on any atom is -0.481 e. The average molecular weight is 356 g/mol. The molecule has 0 radical (unpaired) electrons. The molecule has 0 spiro atoms. The Morgan fingerprint density at radius 3 is 2.38 bits per heavy atom. The van der Waals surface area contributed by atoms with Crippen LogP contribution in [0.3, 0.4) is 0 Å². The zero-order valence-corrected chi connectivity index (χ0v) is 14.8. The van der Waals surface area contributed by atoms with Crippen LogP contribution in [0.2, 0.25) is 0 Å². The quantitative estimate of drug-likeness (QED) is 0.644. The van der Waals surface area contributed by atoms with E-state index in [1.165, 1.54) is 0 Å². The highest BCUT2D eigenvalue weighted by Crippen LogP contribution is 2.23. The van der Waals surface area contributed by atoms with Gasteiger partial charge >= 0.3 is 5.97 Å². The molecular formula is C20H24N2O4. The molecule has 0 aliphatic carbocycles. The number of hydrogen-bond donors (Lipinski definition) is 3. The number of carboxylic acid groups (broad SMARTS) is 1. The van der Waals surface area contributed by atoms with Gasteiger partial charge in [-0.05, 0) is 35.7 Å². The lowest BCUT2D eigenvalue weighted by Crippen LogP contribution is -2.30. The first-order chi connectivity index (χ1) is 12.5. The van der Waals surface area contributed by atoms with Gasteiger partial charge in [0.05, 0.1) is 12.5 Å². The second-order valence-corrected chi connectivity index (χ2v) is 6.13. The number of carbonyl (C=O) groups is 3. The van der Waals surface area contributed by atoms with Crippen molar-refractivity contribution in [2.75, 3.05) is 6.54 Å². The van der Waals surface area contributed by atoms with Crippen molar-refractivity contribution < 1.29 is 19.5 Å². The Morgan fingerprint density at radius 1 is 1.00 bits per heavy atom. The van der Waals surface area contributed by atoms with E-state index in [0.717, 1.165) is 16.3 Å². The third kappa shape index (κ3) is 5.88. The monoisotopic (exact) mass is 356 g/mol. The molecule has 0 saturated carbocycles. The summed E-state index contributed by atoms with van der Waals surface area (Å²) < 4.78 is 0. The first kappa shape index (κ1) is 19.4. The Labute approximate surface area is 152 Å². The van der Waals surface area contributed by atoms with E-state index in [9.17, 15) is 19.5 Å². The molecule has 0 aliphatic rings. The van der Waals surface area contributed by atoms with E-state index in [4.69, 9.17) is 0 Å². The SMILES string of the molecule is CCNC(=O)CCCC(=O)N[C@@H](CC(=O)O)c1ccc2ccccc2c1. The van der Waals surface area contributed by atoms with Crippen LogP contribution in [0.5, 0.6) is 0 Å². The fourth-order valence-corrected chi connectivity index (χ4v) is 2.81. The summed E-state index contributed by atoms with van der Waals surface area (Å²) in [6.45, 7) is 2.40. The molecule has 0 unspecified atom stereocenters. The number of carboxylic acids is 1. The summed E-state index contributed by atoms with van der Waals surface area (Å²) in [4.78, 5) is 34.8. The molecule has 0 saturated heterocycles. The number of aliphatic carboxylic acids is 1. The lowest BCUT2D eigenvalue weighted by atomic mass is 9.99. The van der Waals surface area contributed by atoms with Gasteiger partial charge in [0.2, 0.25) is 11.8 Å². The molecule has 2 aromatic carbocycles. The molecule has 0 bridgehead atoms. The summed E-state index contributed by atoms with van der Waals surface area (Å²) in [5, 5.41) is 16.7. The molecule has 1 atom stereocenters. The predicted molar refractivity (Wildman–Crippen MR) is 99.6 cm³/mol. The molecule has 0 aliphatic heterocycles. The lowest BCUT2D eigenvalue weighted by molar-refractivity contribution is -0.137. The molecule has 6 heteroatoms. The van der Waals surface area contributed by atoms with E-state index in [1.54, 1.807) is 0 Å². The lowest BCUT2D eigenvalue weighted by Gasteiger charge is -2.18. The zero-order valence-electron chi connectivity index (χ0n) is 14.8. The largest absolute Gasteiger partial charge is 0.481 e. The molecule has 0 aromatic heterocycles. The molecule has 2 aromatic rings. The van der Waals surface area contributed by atoms with E-state index in [-0.39, 0.29) is 31.1 Å². The maximum atomic E-state index is 12.2. The molecule has 26 heavy (non-hydrogen) atoms. The molecule has 3 N–H and O–H groups in total. The van der Waals surface area contributed by atoms with Gasteiger partial charge in [0, 0.05) is 19.4 Å². The standard InChI is InChI=1S/C20H24N2O4/c1-2-21-18(23)8-5-9-19(24)22-17(13-20(25)26)16-11-10-14-6-3-4-7-15(14)12-16/h3-4,6-7,10-12,17H,2,5,8-9,13H2,1H3,(H,21,23)(H,22,24)(H,25,26)/t17-/m0/s1. The van der Waals surface area contributed by atoms with Crippen molar-refractivity contribution in [2.24, 2.45) is 0 Å². The van der Waals surface area contributed by atoms with Crippen LogP contribution in [0.4, 0.5) is 0 Å². The van der Waals surface area contributed by atoms with Crippen LogP contribution in [-0.2, 0) is 14.4 Å². The zero-order chi connectivity index (χ0) is 18.9. The minimum atomic E-state index is -0.981. The highest BCUT2D eigenvalue weighted by Gasteiger charge is 2.18. The van der Waals surface area contributed by atoms with Gasteiger partial charge in [-0.15, -0.1) is 0 Å². The van der Waals surface area contributed by atoms with Crippen LogP contribution in [0.15, 0.2) is 42.5 Å². The number of nitrogens with one attached hydrogen (secondary N) is 2. The molecule has 2 amide bonds. The third-order valence-corrected chi connectivity index (χ3v) is 4.07. The van der Waals surface area contributed by atoms with E-state index in [2.05, 4.69) is 10.6 Å². The van der Waals surface area contributed by atoms with Crippen LogP contribution in [0, 0.1) is 0 Å². The van der Waals surface area contributed by atoms with Crippen molar-refractivity contribution in [3.8, 4) is 0 Å². The Kier molecular flexibility index (Phi) is 7.14. The first-order valence-electron chi connectivity index (χ1n) is 8.76. The van der Waals surface area contributed by atoms with Crippen molar-refractivity contribution in [1.82, 2.24) is 10.6 Å². The molecule has 2 rings (SSSR count). The number of hydrogen-bond acceptors (Lipinski definition) is 3. The van der Waals surface area contributed by atoms with Crippen molar-refractivity contribution in [2.45, 2.75) is 38.6 Å². The van der Waals surface area contributed by atoms with Gasteiger partial charge in [0.15, 0.2) is 0 Å². The summed E-state index contributed by atoms with van der Waals surface area (Å²) in [6, 6.07) is 12.8. The Morgan fingerprint density at radius 2 is 1.69 bits per heavy atom. The van der Waals surface area contributed by atoms with Crippen molar-refractivity contribution in [3.63, 3.8) is 0 Å². The number of carbonyl (C=O) groups excluding carboxylic acids is 2. The fourth-order valence-electron chi connectivity index (χ4n) is 2.81. The molecule has 0 heterocycles. The number of fused-ring (bicyclic) bond motifs is 1. The highest BCUT2D eigenvalue weighted by atomic mass is 16.4. The Bertz CT molecular complexity index is 788. The maximum Gasteiger partial charge on any atom is 0.305 e. The van der Waals surface area contributed by atoms with Crippen LogP contribution in [-0.4, -0.2) is 29.4 Å². The maximum absolute atomic E-state index is 12.2. The van der Waals surface area contributed by atoms with Gasteiger partial charge in [0.1, 0.15) is 0 Å². The summed E-state index contributed by atoms with van der Waals surface area (Å²) in [7, 11) is 0. The van der Waals surface area contributed by atoms with Gasteiger partial charge in [-0.3, -0.25) is 14.4 Å². The normalized spacial score (nSPS) is 11.7. The van der Waals surface area contributed by atoms with Crippen molar-refractivity contribution in [3.05, 3.63) is 48.0 Å². The van der Waals surface area contributed by atoms with Crippen LogP contribution >= 0.6 is 0 Å². The number of benzene rings is 2. The molecule has 6 nitrogen and oxygen atoms in total. The number of amides is 2. The molecule has 138 valence electrons. The highest BCUT2D eigenvalue weighted by molar-refractivity contribution is 5.84. The van der Waals surface area contributed by atoms with Gasteiger partial charge in [-0.25, -0.2) is 0 Å². The smallest absolute Gasteiger partial charge is 0.305 e. The number of rotatable bonds is 9. The molecule has 0 fully saturated rings. The summed E-state index contributed by atoms with van der Waals surface area (Å²) in [5.74, 6) is -1.32. The van der Waals surface area contributed by atoms with Crippen molar-refractivity contribution in [1.29, 1.82) is 0 Å². The third-order valence-electron chi connectivity index (χ3n) is 4.07. The van der Waals surface area contributed by atoms with Gasteiger partial charge in [0.25, 0.3) is 0 Å². The topological polar surface area (TPSA) is 95.5 Å². The first-order valence-corrected chi connectivity index (χ1v) is 8.76. The van der Waals surface area contributed by atoms with Crippen LogP contribution < -0.4 is 10.6 Å². The van der Waals surface area contributed by atoms with E-state index < -0.39 is 12.0 Å². The second kappa shape index (κ2) is 9.56. The summed E-state index contributed by atoms with van der Waals surface area (Å²) in [6.07, 6.45) is 0.692. The predicted octanol–water partition coefficient (Wildman–Crippen LogP) is 2.78. The second-order valence-electron chi connectivity index (χ2n) is 6.13. The van der Waals surface area contributed by atoms with Crippen LogP contribution in [0.1, 0.15) is 44.2 Å². The summed E-state index contributed by atoms with van der Waals surface area (Å²) >= 11 is 0. The van der Waals surface area contributed by atoms with E-state index in [0.29, 0.717) is 13.0 Å². The van der Waals surface area contributed by atoms with E-state index >= 15 is 0 Å². The summed E-state index contributed by atoms with van der Waals surface area (Å²) in [5.41, 5.74) is 0.753. The Balaban J connectivity index is 2.02. The fraction of sp³-hybridized carbons (Fsp3) is 0.350. The van der Waals surface area contributed by atoms with Gasteiger partial charge < -0.3 is 15.7 Å². The molecular weight excluding hydrogens is 332 g/mol. The Hall–Kier alpha value is -2.89.